The summed E-state index contributed by atoms with van der Waals surface area (Å²) in [6.45, 7) is 4.31. The second-order valence-electron chi connectivity index (χ2n) is 5.13. The molecule has 0 bridgehead atoms. The number of carbonyl (C=O) groups excluding carboxylic acids is 1. The first kappa shape index (κ1) is 13.4. The van der Waals surface area contributed by atoms with Gasteiger partial charge in [-0.25, -0.2) is 0 Å². The van der Waals surface area contributed by atoms with Gasteiger partial charge in [0.1, 0.15) is 0 Å². The Hall–Kier alpha value is -2.55. The molecule has 3 heteroatoms. The van der Waals surface area contributed by atoms with Crippen molar-refractivity contribution < 1.29 is 14.3 Å². The maximum Gasteiger partial charge on any atom is 0.231 e. The Labute approximate surface area is 123 Å². The van der Waals surface area contributed by atoms with Crippen LogP contribution in [0, 0.1) is 13.8 Å². The Morgan fingerprint density at radius 1 is 1.05 bits per heavy atom. The Morgan fingerprint density at radius 3 is 2.67 bits per heavy atom. The average Bonchev–Trinajstić information content (AvgIpc) is 2.93. The molecule has 3 rings (SSSR count). The van der Waals surface area contributed by atoms with Crippen LogP contribution >= 0.6 is 0 Å². The van der Waals surface area contributed by atoms with E-state index < -0.39 is 0 Å². The van der Waals surface area contributed by atoms with Gasteiger partial charge in [-0.05, 0) is 49.2 Å². The van der Waals surface area contributed by atoms with Crippen molar-refractivity contribution in [1.82, 2.24) is 0 Å². The molecule has 0 saturated carbocycles. The molecule has 0 aromatic heterocycles. The Kier molecular flexibility index (Phi) is 3.48. The maximum atomic E-state index is 12.2. The fraction of sp³-hybridized carbons (Fsp3) is 0.167. The number of ether oxygens (including phenoxy) is 2. The molecule has 21 heavy (non-hydrogen) atoms. The highest BCUT2D eigenvalue weighted by molar-refractivity contribution is 6.07. The zero-order chi connectivity index (χ0) is 14.8. The third-order valence-electron chi connectivity index (χ3n) is 3.50. The van der Waals surface area contributed by atoms with Crippen LogP contribution < -0.4 is 9.47 Å². The molecule has 0 atom stereocenters. The highest BCUT2D eigenvalue weighted by atomic mass is 16.7. The predicted octanol–water partition coefficient (Wildman–Crippen LogP) is 3.93. The van der Waals surface area contributed by atoms with Crippen molar-refractivity contribution in [3.8, 4) is 11.5 Å². The smallest absolute Gasteiger partial charge is 0.231 e. The molecule has 3 nitrogen and oxygen atoms in total. The van der Waals surface area contributed by atoms with Gasteiger partial charge in [0.25, 0.3) is 0 Å². The van der Waals surface area contributed by atoms with Gasteiger partial charge in [0.15, 0.2) is 17.3 Å². The van der Waals surface area contributed by atoms with E-state index in [-0.39, 0.29) is 12.6 Å². The molecular formula is C18H16O3. The summed E-state index contributed by atoms with van der Waals surface area (Å²) in [7, 11) is 0. The lowest BCUT2D eigenvalue weighted by Crippen LogP contribution is -1.94. The number of rotatable bonds is 3. The molecule has 2 aromatic carbocycles. The molecule has 2 aromatic rings. The van der Waals surface area contributed by atoms with Crippen LogP contribution in [-0.2, 0) is 0 Å². The topological polar surface area (TPSA) is 35.5 Å². The molecule has 0 unspecified atom stereocenters. The van der Waals surface area contributed by atoms with Crippen molar-refractivity contribution >= 4 is 11.9 Å². The summed E-state index contributed by atoms with van der Waals surface area (Å²) in [6, 6.07) is 11.4. The zero-order valence-electron chi connectivity index (χ0n) is 12.1. The first-order valence-electron chi connectivity index (χ1n) is 6.83. The van der Waals surface area contributed by atoms with Gasteiger partial charge in [-0.15, -0.1) is 0 Å². The molecule has 0 aliphatic carbocycles. The minimum Gasteiger partial charge on any atom is -0.454 e. The van der Waals surface area contributed by atoms with E-state index in [2.05, 4.69) is 13.0 Å². The molecule has 1 aliphatic heterocycles. The molecule has 1 aliphatic rings. The van der Waals surface area contributed by atoms with Gasteiger partial charge in [-0.2, -0.15) is 0 Å². The lowest BCUT2D eigenvalue weighted by atomic mass is 10.0. The third-order valence-corrected chi connectivity index (χ3v) is 3.50. The molecule has 0 amide bonds. The summed E-state index contributed by atoms with van der Waals surface area (Å²) < 4.78 is 10.5. The quantitative estimate of drug-likeness (QED) is 0.631. The normalized spacial score (nSPS) is 12.9. The van der Waals surface area contributed by atoms with Crippen molar-refractivity contribution in [2.24, 2.45) is 0 Å². The number of aryl methyl sites for hydroxylation is 2. The van der Waals surface area contributed by atoms with Crippen LogP contribution in [0.15, 0.2) is 42.5 Å². The summed E-state index contributed by atoms with van der Waals surface area (Å²) in [6.07, 6.45) is 3.44. The van der Waals surface area contributed by atoms with Crippen LogP contribution in [0.2, 0.25) is 0 Å². The number of ketones is 1. The van der Waals surface area contributed by atoms with Crippen molar-refractivity contribution in [2.75, 3.05) is 6.79 Å². The minimum atomic E-state index is -0.0479. The van der Waals surface area contributed by atoms with E-state index in [9.17, 15) is 4.79 Å². The highest BCUT2D eigenvalue weighted by Crippen LogP contribution is 2.32. The van der Waals surface area contributed by atoms with Crippen molar-refractivity contribution in [3.05, 3.63) is 64.7 Å². The molecule has 0 N–H and O–H groups in total. The van der Waals surface area contributed by atoms with Gasteiger partial charge in [-0.3, -0.25) is 4.79 Å². The molecular weight excluding hydrogens is 264 g/mol. The maximum absolute atomic E-state index is 12.2. The van der Waals surface area contributed by atoms with Gasteiger partial charge in [0.05, 0.1) is 0 Å². The Morgan fingerprint density at radius 2 is 1.86 bits per heavy atom. The average molecular weight is 280 g/mol. The highest BCUT2D eigenvalue weighted by Gasteiger charge is 2.15. The number of fused-ring (bicyclic) bond motifs is 1. The van der Waals surface area contributed by atoms with E-state index in [0.717, 1.165) is 11.1 Å². The van der Waals surface area contributed by atoms with E-state index in [1.54, 1.807) is 24.3 Å². The van der Waals surface area contributed by atoms with E-state index in [1.807, 2.05) is 25.1 Å². The van der Waals surface area contributed by atoms with Crippen LogP contribution in [0.25, 0.3) is 6.08 Å². The number of hydrogen-bond acceptors (Lipinski definition) is 3. The first-order chi connectivity index (χ1) is 10.1. The zero-order valence-corrected chi connectivity index (χ0v) is 12.1. The Balaban J connectivity index is 1.81. The second-order valence-corrected chi connectivity index (χ2v) is 5.13. The molecule has 1 heterocycles. The summed E-state index contributed by atoms with van der Waals surface area (Å²) in [5.41, 5.74) is 4.02. The Bertz CT molecular complexity index is 729. The first-order valence-corrected chi connectivity index (χ1v) is 6.83. The van der Waals surface area contributed by atoms with E-state index in [4.69, 9.17) is 9.47 Å². The van der Waals surface area contributed by atoms with Crippen LogP contribution in [0.4, 0.5) is 0 Å². The van der Waals surface area contributed by atoms with Crippen LogP contribution in [0.5, 0.6) is 11.5 Å². The van der Waals surface area contributed by atoms with Gasteiger partial charge in [0.2, 0.25) is 6.79 Å². The lowest BCUT2D eigenvalue weighted by Gasteiger charge is -2.02. The van der Waals surface area contributed by atoms with Crippen molar-refractivity contribution in [1.29, 1.82) is 0 Å². The minimum absolute atomic E-state index is 0.0479. The van der Waals surface area contributed by atoms with Crippen molar-refractivity contribution in [3.63, 3.8) is 0 Å². The fourth-order valence-electron chi connectivity index (χ4n) is 2.32. The monoisotopic (exact) mass is 280 g/mol. The summed E-state index contributed by atoms with van der Waals surface area (Å²) >= 11 is 0. The summed E-state index contributed by atoms with van der Waals surface area (Å²) in [4.78, 5) is 12.2. The van der Waals surface area contributed by atoms with Crippen LogP contribution in [-0.4, -0.2) is 12.6 Å². The molecule has 0 saturated heterocycles. The number of hydrogen-bond donors (Lipinski definition) is 0. The van der Waals surface area contributed by atoms with E-state index >= 15 is 0 Å². The summed E-state index contributed by atoms with van der Waals surface area (Å²) in [5, 5.41) is 0. The number of allylic oxidation sites excluding steroid dienone is 1. The molecule has 0 fully saturated rings. The number of carbonyl (C=O) groups is 1. The standard InChI is InChI=1S/C18H16O3/c1-12-3-4-14(13(2)9-12)5-7-16(19)15-6-8-17-18(10-15)21-11-20-17/h3-10H,11H2,1-2H3/b7-5+. The summed E-state index contributed by atoms with van der Waals surface area (Å²) in [5.74, 6) is 1.26. The second kappa shape index (κ2) is 5.44. The fourth-order valence-corrected chi connectivity index (χ4v) is 2.32. The van der Waals surface area contributed by atoms with Gasteiger partial charge in [-0.1, -0.05) is 29.8 Å². The molecule has 106 valence electrons. The SMILES string of the molecule is Cc1ccc(/C=C/C(=O)c2ccc3c(c2)OCO3)c(C)c1. The molecule has 0 radical (unpaired) electrons. The molecule has 0 spiro atoms. The van der Waals surface area contributed by atoms with Gasteiger partial charge in [0, 0.05) is 5.56 Å². The van der Waals surface area contributed by atoms with Gasteiger partial charge < -0.3 is 9.47 Å². The lowest BCUT2D eigenvalue weighted by molar-refractivity contribution is 0.104. The number of benzene rings is 2. The van der Waals surface area contributed by atoms with E-state index in [0.29, 0.717) is 17.1 Å². The largest absolute Gasteiger partial charge is 0.454 e. The predicted molar refractivity (Wildman–Crippen MR) is 81.8 cm³/mol. The third kappa shape index (κ3) is 2.82. The van der Waals surface area contributed by atoms with Crippen LogP contribution in [0.3, 0.4) is 0 Å². The van der Waals surface area contributed by atoms with E-state index in [1.165, 1.54) is 5.56 Å². The van der Waals surface area contributed by atoms with Crippen molar-refractivity contribution in [2.45, 2.75) is 13.8 Å². The van der Waals surface area contributed by atoms with Crippen LogP contribution in [0.1, 0.15) is 27.0 Å². The van der Waals surface area contributed by atoms with Gasteiger partial charge >= 0.3 is 0 Å².